The van der Waals surface area contributed by atoms with Gasteiger partial charge in [-0.15, -0.1) is 0 Å². The molecule has 0 aliphatic heterocycles. The van der Waals surface area contributed by atoms with Crippen LogP contribution in [0.4, 0.5) is 0 Å². The minimum Gasteiger partial charge on any atom is -0.456 e. The molecule has 0 heterocycles. The molecule has 2 nitrogen and oxygen atoms in total. The van der Waals surface area contributed by atoms with Crippen LogP contribution < -0.4 is 0 Å². The summed E-state index contributed by atoms with van der Waals surface area (Å²) in [7, 11) is 0. The molecular formula is C11H11NO. The van der Waals surface area contributed by atoms with Gasteiger partial charge in [0.05, 0.1) is 6.21 Å². The van der Waals surface area contributed by atoms with E-state index in [9.17, 15) is 0 Å². The average molecular weight is 173 g/mol. The second-order valence-electron chi connectivity index (χ2n) is 2.50. The Morgan fingerprint density at radius 1 is 1.23 bits per heavy atom. The summed E-state index contributed by atoms with van der Waals surface area (Å²) >= 11 is 0. The van der Waals surface area contributed by atoms with Crippen LogP contribution >= 0.6 is 0 Å². The highest BCUT2D eigenvalue weighted by molar-refractivity contribution is 5.74. The molecule has 1 aromatic carbocycles. The van der Waals surface area contributed by atoms with Crippen LogP contribution in [-0.4, -0.2) is 6.21 Å². The fraction of sp³-hybridized carbons (Fsp3) is 0. The summed E-state index contributed by atoms with van der Waals surface area (Å²) < 4.78 is 5.15. The highest BCUT2D eigenvalue weighted by atomic mass is 16.5. The Morgan fingerprint density at radius 2 is 1.85 bits per heavy atom. The smallest absolute Gasteiger partial charge is 0.137 e. The van der Waals surface area contributed by atoms with Gasteiger partial charge in [-0.2, -0.15) is 0 Å². The van der Waals surface area contributed by atoms with Crippen molar-refractivity contribution >= 4 is 12.0 Å². The van der Waals surface area contributed by atoms with Crippen molar-refractivity contribution in [2.75, 3.05) is 0 Å². The van der Waals surface area contributed by atoms with Crippen LogP contribution in [0.2, 0.25) is 0 Å². The Morgan fingerprint density at radius 3 is 2.38 bits per heavy atom. The molecule has 0 fully saturated rings. The van der Waals surface area contributed by atoms with Crippen LogP contribution in [0.25, 0.3) is 5.76 Å². The SMILES string of the molecule is C=C(C=N)OC(=C)c1ccccc1. The lowest BCUT2D eigenvalue weighted by molar-refractivity contribution is 0.416. The third-order valence-corrected chi connectivity index (χ3v) is 1.51. The van der Waals surface area contributed by atoms with Crippen LogP contribution in [0.5, 0.6) is 0 Å². The van der Waals surface area contributed by atoms with E-state index in [4.69, 9.17) is 10.1 Å². The average Bonchev–Trinajstić information content (AvgIpc) is 2.19. The topological polar surface area (TPSA) is 33.1 Å². The number of nitrogens with one attached hydrogen (secondary N) is 1. The highest BCUT2D eigenvalue weighted by Crippen LogP contribution is 2.14. The normalized spacial score (nSPS) is 8.92. The number of allylic oxidation sites excluding steroid dienone is 1. The zero-order valence-electron chi connectivity index (χ0n) is 7.29. The van der Waals surface area contributed by atoms with E-state index in [0.29, 0.717) is 5.76 Å². The zero-order valence-corrected chi connectivity index (χ0v) is 7.29. The van der Waals surface area contributed by atoms with Crippen molar-refractivity contribution in [1.82, 2.24) is 0 Å². The van der Waals surface area contributed by atoms with E-state index in [1.165, 1.54) is 0 Å². The molecule has 0 spiro atoms. The first-order valence-electron chi connectivity index (χ1n) is 3.85. The van der Waals surface area contributed by atoms with Gasteiger partial charge in [0.25, 0.3) is 0 Å². The van der Waals surface area contributed by atoms with Gasteiger partial charge in [0.2, 0.25) is 0 Å². The van der Waals surface area contributed by atoms with Crippen LogP contribution in [0, 0.1) is 5.41 Å². The molecular weight excluding hydrogens is 162 g/mol. The van der Waals surface area contributed by atoms with E-state index in [0.717, 1.165) is 11.8 Å². The number of ether oxygens (including phenoxy) is 1. The third kappa shape index (κ3) is 2.60. The molecule has 2 heteroatoms. The van der Waals surface area contributed by atoms with E-state index < -0.39 is 0 Å². The summed E-state index contributed by atoms with van der Waals surface area (Å²) in [6.07, 6.45) is 1.05. The monoisotopic (exact) mass is 173 g/mol. The standard InChI is InChI=1S/C11H11NO/c1-9(8-12)13-10(2)11-6-4-3-5-7-11/h3-8,12H,1-2H2. The van der Waals surface area contributed by atoms with Gasteiger partial charge in [0.15, 0.2) is 0 Å². The molecule has 0 radical (unpaired) electrons. The van der Waals surface area contributed by atoms with E-state index in [-0.39, 0.29) is 5.76 Å². The van der Waals surface area contributed by atoms with Gasteiger partial charge in [-0.1, -0.05) is 43.5 Å². The third-order valence-electron chi connectivity index (χ3n) is 1.51. The molecule has 1 aromatic rings. The first-order valence-corrected chi connectivity index (χ1v) is 3.85. The van der Waals surface area contributed by atoms with Gasteiger partial charge in [0.1, 0.15) is 11.5 Å². The van der Waals surface area contributed by atoms with Crippen molar-refractivity contribution in [3.8, 4) is 0 Å². The van der Waals surface area contributed by atoms with E-state index >= 15 is 0 Å². The Balaban J connectivity index is 2.70. The molecule has 0 aromatic heterocycles. The minimum atomic E-state index is 0.286. The van der Waals surface area contributed by atoms with Crippen LogP contribution in [0.3, 0.4) is 0 Å². The van der Waals surface area contributed by atoms with E-state index in [1.54, 1.807) is 0 Å². The molecule has 1 N–H and O–H groups in total. The Labute approximate surface area is 77.7 Å². The quantitative estimate of drug-likeness (QED) is 0.551. The summed E-state index contributed by atoms with van der Waals surface area (Å²) in [6.45, 7) is 7.24. The molecule has 0 unspecified atom stereocenters. The van der Waals surface area contributed by atoms with Gasteiger partial charge in [-0.05, 0) is 0 Å². The molecule has 66 valence electrons. The van der Waals surface area contributed by atoms with E-state index in [2.05, 4.69) is 13.2 Å². The summed E-state index contributed by atoms with van der Waals surface area (Å²) in [5.41, 5.74) is 0.894. The molecule has 0 saturated heterocycles. The van der Waals surface area contributed by atoms with Crippen LogP contribution in [0.1, 0.15) is 5.56 Å². The molecule has 1 rings (SSSR count). The van der Waals surface area contributed by atoms with Gasteiger partial charge >= 0.3 is 0 Å². The number of rotatable bonds is 4. The highest BCUT2D eigenvalue weighted by Gasteiger charge is 1.98. The molecule has 0 atom stereocenters. The number of hydrogen-bond donors (Lipinski definition) is 1. The van der Waals surface area contributed by atoms with Crippen molar-refractivity contribution in [3.05, 3.63) is 54.8 Å². The molecule has 13 heavy (non-hydrogen) atoms. The van der Waals surface area contributed by atoms with Gasteiger partial charge in [0, 0.05) is 5.56 Å². The molecule has 0 aliphatic rings. The predicted octanol–water partition coefficient (Wildman–Crippen LogP) is 2.84. The molecule has 0 aliphatic carbocycles. The van der Waals surface area contributed by atoms with Gasteiger partial charge in [-0.3, -0.25) is 0 Å². The van der Waals surface area contributed by atoms with Crippen molar-refractivity contribution < 1.29 is 4.74 Å². The largest absolute Gasteiger partial charge is 0.456 e. The molecule has 0 amide bonds. The zero-order chi connectivity index (χ0) is 9.68. The van der Waals surface area contributed by atoms with Gasteiger partial charge in [-0.25, -0.2) is 0 Å². The maximum absolute atomic E-state index is 6.87. The minimum absolute atomic E-state index is 0.286. The fourth-order valence-corrected chi connectivity index (χ4v) is 0.871. The Bertz CT molecular complexity index is 327. The van der Waals surface area contributed by atoms with Crippen molar-refractivity contribution in [3.63, 3.8) is 0 Å². The lowest BCUT2D eigenvalue weighted by Gasteiger charge is -2.06. The first-order chi connectivity index (χ1) is 6.24. The van der Waals surface area contributed by atoms with Gasteiger partial charge < -0.3 is 10.1 Å². The number of hydrogen-bond acceptors (Lipinski definition) is 2. The summed E-state index contributed by atoms with van der Waals surface area (Å²) in [5.74, 6) is 0.794. The van der Waals surface area contributed by atoms with Crippen molar-refractivity contribution in [2.24, 2.45) is 0 Å². The predicted molar refractivity (Wildman–Crippen MR) is 54.5 cm³/mol. The first kappa shape index (κ1) is 9.26. The summed E-state index contributed by atoms with van der Waals surface area (Å²) in [5, 5.41) is 6.87. The fourth-order valence-electron chi connectivity index (χ4n) is 0.871. The van der Waals surface area contributed by atoms with Crippen molar-refractivity contribution in [1.29, 1.82) is 5.41 Å². The molecule has 0 bridgehead atoms. The van der Waals surface area contributed by atoms with Crippen LogP contribution in [-0.2, 0) is 4.74 Å². The second-order valence-corrected chi connectivity index (χ2v) is 2.50. The lowest BCUT2D eigenvalue weighted by atomic mass is 10.2. The Hall–Kier alpha value is -1.83. The summed E-state index contributed by atoms with van der Waals surface area (Å²) in [6, 6.07) is 9.50. The number of benzene rings is 1. The van der Waals surface area contributed by atoms with E-state index in [1.807, 2.05) is 30.3 Å². The Kier molecular flexibility index (Phi) is 3.03. The molecule has 0 saturated carbocycles. The maximum atomic E-state index is 6.87. The second kappa shape index (κ2) is 4.26. The van der Waals surface area contributed by atoms with Crippen molar-refractivity contribution in [2.45, 2.75) is 0 Å². The summed E-state index contributed by atoms with van der Waals surface area (Å²) in [4.78, 5) is 0. The lowest BCUT2D eigenvalue weighted by Crippen LogP contribution is -1.90. The van der Waals surface area contributed by atoms with Crippen LogP contribution in [0.15, 0.2) is 49.2 Å². The maximum Gasteiger partial charge on any atom is 0.137 e.